The van der Waals surface area contributed by atoms with E-state index in [0.717, 1.165) is 11.1 Å². The minimum absolute atomic E-state index is 0.381. The summed E-state index contributed by atoms with van der Waals surface area (Å²) in [7, 11) is 0. The molecule has 5 heteroatoms. The van der Waals surface area contributed by atoms with Crippen LogP contribution in [-0.2, 0) is 0 Å². The predicted octanol–water partition coefficient (Wildman–Crippen LogP) is 2.96. The van der Waals surface area contributed by atoms with Gasteiger partial charge in [-0.25, -0.2) is 9.50 Å². The third kappa shape index (κ3) is 2.58. The van der Waals surface area contributed by atoms with E-state index in [4.69, 9.17) is 16.9 Å². The first-order chi connectivity index (χ1) is 10.2. The van der Waals surface area contributed by atoms with Crippen molar-refractivity contribution in [2.45, 2.75) is 6.92 Å². The largest absolute Gasteiger partial charge is 0.234 e. The van der Waals surface area contributed by atoms with E-state index in [0.29, 0.717) is 22.1 Å². The number of rotatable bonds is 0. The average molecular weight is 293 g/mol. The minimum atomic E-state index is 0.381. The Morgan fingerprint density at radius 2 is 2.05 bits per heavy atom. The molecule has 0 radical (unpaired) electrons. The van der Waals surface area contributed by atoms with Crippen molar-refractivity contribution in [3.8, 4) is 17.9 Å². The summed E-state index contributed by atoms with van der Waals surface area (Å²) in [5, 5.41) is 13.5. The SMILES string of the molecule is Cc1ccc(C#N)cc1C#Cc1cnc2ccc(Cl)nn12. The van der Waals surface area contributed by atoms with Crippen LogP contribution in [0.4, 0.5) is 0 Å². The van der Waals surface area contributed by atoms with Crippen molar-refractivity contribution in [1.82, 2.24) is 14.6 Å². The summed E-state index contributed by atoms with van der Waals surface area (Å²) in [6.45, 7) is 1.95. The number of nitrogens with zero attached hydrogens (tertiary/aromatic N) is 4. The molecule has 4 nitrogen and oxygen atoms in total. The van der Waals surface area contributed by atoms with Gasteiger partial charge in [0.05, 0.1) is 17.8 Å². The van der Waals surface area contributed by atoms with Crippen LogP contribution in [-0.4, -0.2) is 14.6 Å². The van der Waals surface area contributed by atoms with E-state index in [1.165, 1.54) is 0 Å². The molecule has 0 saturated carbocycles. The van der Waals surface area contributed by atoms with Gasteiger partial charge in [-0.3, -0.25) is 0 Å². The normalized spacial score (nSPS) is 9.95. The molecule has 100 valence electrons. The number of hydrogen-bond acceptors (Lipinski definition) is 3. The molecule has 21 heavy (non-hydrogen) atoms. The molecule has 3 rings (SSSR count). The molecule has 0 aliphatic heterocycles. The molecular weight excluding hydrogens is 284 g/mol. The highest BCUT2D eigenvalue weighted by Crippen LogP contribution is 2.11. The van der Waals surface area contributed by atoms with Gasteiger partial charge in [0.25, 0.3) is 0 Å². The Balaban J connectivity index is 2.08. The molecule has 0 aliphatic carbocycles. The van der Waals surface area contributed by atoms with Crippen LogP contribution < -0.4 is 0 Å². The summed E-state index contributed by atoms with van der Waals surface area (Å²) >= 11 is 5.89. The van der Waals surface area contributed by atoms with Crippen molar-refractivity contribution in [1.29, 1.82) is 5.26 Å². The zero-order valence-electron chi connectivity index (χ0n) is 11.1. The van der Waals surface area contributed by atoms with Crippen molar-refractivity contribution < 1.29 is 0 Å². The van der Waals surface area contributed by atoms with E-state index in [1.54, 1.807) is 35.0 Å². The molecule has 0 amide bonds. The molecule has 2 aromatic heterocycles. The molecule has 2 heterocycles. The Bertz CT molecular complexity index is 938. The Hall–Kier alpha value is -2.82. The monoisotopic (exact) mass is 292 g/mol. The lowest BCUT2D eigenvalue weighted by Gasteiger charge is -1.98. The molecule has 1 aromatic carbocycles. The number of halogens is 1. The van der Waals surface area contributed by atoms with Gasteiger partial charge in [-0.1, -0.05) is 23.6 Å². The third-order valence-corrected chi connectivity index (χ3v) is 3.22. The van der Waals surface area contributed by atoms with Gasteiger partial charge >= 0.3 is 0 Å². The fourth-order valence-corrected chi connectivity index (χ4v) is 2.03. The van der Waals surface area contributed by atoms with Crippen molar-refractivity contribution >= 4 is 17.2 Å². The van der Waals surface area contributed by atoms with Crippen LogP contribution in [0.5, 0.6) is 0 Å². The van der Waals surface area contributed by atoms with Crippen molar-refractivity contribution in [2.24, 2.45) is 0 Å². The van der Waals surface area contributed by atoms with Crippen LogP contribution in [0.15, 0.2) is 36.5 Å². The topological polar surface area (TPSA) is 54.0 Å². The molecule has 0 unspecified atom stereocenters. The molecule has 0 N–H and O–H groups in total. The van der Waals surface area contributed by atoms with Crippen LogP contribution in [0.1, 0.15) is 22.4 Å². The fraction of sp³-hybridized carbons (Fsp3) is 0.0625. The minimum Gasteiger partial charge on any atom is -0.234 e. The smallest absolute Gasteiger partial charge is 0.155 e. The van der Waals surface area contributed by atoms with Gasteiger partial charge in [-0.15, -0.1) is 0 Å². The predicted molar refractivity (Wildman–Crippen MR) is 79.9 cm³/mol. The summed E-state index contributed by atoms with van der Waals surface area (Å²) < 4.78 is 1.60. The average Bonchev–Trinajstić information content (AvgIpc) is 2.89. The lowest BCUT2D eigenvalue weighted by atomic mass is 10.1. The van der Waals surface area contributed by atoms with E-state index in [-0.39, 0.29) is 0 Å². The molecule has 0 saturated heterocycles. The summed E-state index contributed by atoms with van der Waals surface area (Å²) in [6.07, 6.45) is 1.65. The maximum atomic E-state index is 8.94. The summed E-state index contributed by atoms with van der Waals surface area (Å²) in [5.41, 5.74) is 3.75. The molecular formula is C16H9ClN4. The second-order valence-corrected chi connectivity index (χ2v) is 4.85. The quantitative estimate of drug-likeness (QED) is 0.599. The third-order valence-electron chi connectivity index (χ3n) is 3.02. The highest BCUT2D eigenvalue weighted by molar-refractivity contribution is 6.29. The molecule has 0 atom stereocenters. The second kappa shape index (κ2) is 5.28. The second-order valence-electron chi connectivity index (χ2n) is 4.46. The van der Waals surface area contributed by atoms with Gasteiger partial charge in [0.2, 0.25) is 0 Å². The number of fused-ring (bicyclic) bond motifs is 1. The van der Waals surface area contributed by atoms with E-state index >= 15 is 0 Å². The number of aryl methyl sites for hydroxylation is 1. The Morgan fingerprint density at radius 1 is 1.19 bits per heavy atom. The Kier molecular flexibility index (Phi) is 3.31. The maximum absolute atomic E-state index is 8.94. The van der Waals surface area contributed by atoms with Crippen molar-refractivity contribution in [3.63, 3.8) is 0 Å². The zero-order valence-corrected chi connectivity index (χ0v) is 11.9. The molecule has 3 aromatic rings. The fourth-order valence-electron chi connectivity index (χ4n) is 1.89. The number of aromatic nitrogens is 3. The molecule has 0 bridgehead atoms. The van der Waals surface area contributed by atoms with Crippen LogP contribution in [0.2, 0.25) is 5.15 Å². The summed E-state index contributed by atoms with van der Waals surface area (Å²) in [4.78, 5) is 4.22. The number of benzene rings is 1. The van der Waals surface area contributed by atoms with Gasteiger partial charge in [-0.05, 0) is 42.7 Å². The standard InChI is InChI=1S/C16H9ClN4/c1-11-2-3-12(9-18)8-13(11)4-5-14-10-19-16-7-6-15(17)20-21(14)16/h2-3,6-8,10H,1H3. The molecule has 0 spiro atoms. The van der Waals surface area contributed by atoms with E-state index < -0.39 is 0 Å². The van der Waals surface area contributed by atoms with E-state index in [2.05, 4.69) is 28.0 Å². The molecule has 0 aliphatic rings. The lowest BCUT2D eigenvalue weighted by Crippen LogP contribution is -1.94. The first-order valence-electron chi connectivity index (χ1n) is 6.20. The van der Waals surface area contributed by atoms with Crippen LogP contribution in [0.25, 0.3) is 5.65 Å². The van der Waals surface area contributed by atoms with E-state index in [9.17, 15) is 0 Å². The Morgan fingerprint density at radius 3 is 2.86 bits per heavy atom. The maximum Gasteiger partial charge on any atom is 0.155 e. The van der Waals surface area contributed by atoms with E-state index in [1.807, 2.05) is 13.0 Å². The van der Waals surface area contributed by atoms with Gasteiger partial charge < -0.3 is 0 Å². The van der Waals surface area contributed by atoms with Gasteiger partial charge in [0.1, 0.15) is 10.8 Å². The molecule has 0 fully saturated rings. The lowest BCUT2D eigenvalue weighted by molar-refractivity contribution is 0.924. The van der Waals surface area contributed by atoms with Gasteiger partial charge in [0.15, 0.2) is 5.65 Å². The van der Waals surface area contributed by atoms with Crippen molar-refractivity contribution in [3.05, 3.63) is 64.1 Å². The zero-order chi connectivity index (χ0) is 14.8. The van der Waals surface area contributed by atoms with Gasteiger partial charge in [-0.2, -0.15) is 10.4 Å². The number of hydrogen-bond donors (Lipinski definition) is 0. The summed E-state index contributed by atoms with van der Waals surface area (Å²) in [6, 6.07) is 11.0. The Labute approximate surface area is 126 Å². The van der Waals surface area contributed by atoms with Crippen LogP contribution in [0.3, 0.4) is 0 Å². The van der Waals surface area contributed by atoms with Gasteiger partial charge in [0, 0.05) is 5.56 Å². The van der Waals surface area contributed by atoms with Crippen LogP contribution >= 0.6 is 11.6 Å². The number of nitriles is 1. The highest BCUT2D eigenvalue weighted by atomic mass is 35.5. The number of imidazole rings is 1. The first-order valence-corrected chi connectivity index (χ1v) is 6.58. The van der Waals surface area contributed by atoms with Crippen LogP contribution in [0, 0.1) is 30.1 Å². The highest BCUT2D eigenvalue weighted by Gasteiger charge is 2.03. The first kappa shape index (κ1) is 13.2. The summed E-state index contributed by atoms with van der Waals surface area (Å²) in [5.74, 6) is 6.08. The van der Waals surface area contributed by atoms with Crippen molar-refractivity contribution in [2.75, 3.05) is 0 Å².